The number of nitrogens with zero attached hydrogens (tertiary/aromatic N) is 2. The maximum absolute atomic E-state index is 13.8. The summed E-state index contributed by atoms with van der Waals surface area (Å²) < 4.78 is 33.8. The number of likely N-dealkylation sites (N-methyl/N-ethyl adjacent to an activating group) is 1. The van der Waals surface area contributed by atoms with Crippen LogP contribution in [-0.2, 0) is 26.2 Å². The van der Waals surface area contributed by atoms with E-state index in [4.69, 9.17) is 39.5 Å². The number of hydrogen-bond donors (Lipinski definition) is 1. The predicted octanol–water partition coefficient (Wildman–Crippen LogP) is 5.32. The van der Waals surface area contributed by atoms with Crippen LogP contribution in [0.2, 0.25) is 15.1 Å². The molecule has 0 aliphatic rings. The number of halogens is 3. The minimum atomic E-state index is -4.23. The third kappa shape index (κ3) is 7.16. The van der Waals surface area contributed by atoms with E-state index >= 15 is 0 Å². The van der Waals surface area contributed by atoms with E-state index in [2.05, 4.69) is 5.32 Å². The van der Waals surface area contributed by atoms with Crippen LogP contribution >= 0.6 is 34.8 Å². The highest BCUT2D eigenvalue weighted by atomic mass is 35.5. The van der Waals surface area contributed by atoms with Crippen molar-refractivity contribution in [3.05, 3.63) is 86.9 Å². The zero-order valence-electron chi connectivity index (χ0n) is 21.7. The van der Waals surface area contributed by atoms with Gasteiger partial charge in [0.2, 0.25) is 11.8 Å². The molecule has 0 aromatic heterocycles. The zero-order chi connectivity index (χ0) is 28.9. The van der Waals surface area contributed by atoms with Gasteiger partial charge in [0.05, 0.1) is 22.7 Å². The summed E-state index contributed by atoms with van der Waals surface area (Å²) in [5.41, 5.74) is 1.55. The number of amides is 2. The molecule has 0 saturated heterocycles. The molecule has 2 amide bonds. The average Bonchev–Trinajstić information content (AvgIpc) is 2.90. The quantitative estimate of drug-likeness (QED) is 0.334. The molecule has 0 heterocycles. The lowest BCUT2D eigenvalue weighted by Crippen LogP contribution is -2.50. The van der Waals surface area contributed by atoms with E-state index in [1.54, 1.807) is 31.2 Å². The summed E-state index contributed by atoms with van der Waals surface area (Å²) in [7, 11) is -1.35. The standard InChI is InChI=1S/C27H28Cl3N3O5S/c1-17-5-10-22(11-6-17)39(36,37)33(21-9-12-25(38-4)24(30)14-21)16-26(34)32(18(2)27(35)31-3)15-19-7-8-20(28)13-23(19)29/h5-14,18H,15-16H2,1-4H3,(H,31,35). The lowest BCUT2D eigenvalue weighted by atomic mass is 10.1. The van der Waals surface area contributed by atoms with Gasteiger partial charge in [-0.3, -0.25) is 13.9 Å². The first-order chi connectivity index (χ1) is 18.4. The van der Waals surface area contributed by atoms with Crippen molar-refractivity contribution in [1.82, 2.24) is 10.2 Å². The largest absolute Gasteiger partial charge is 0.495 e. The van der Waals surface area contributed by atoms with Crippen molar-refractivity contribution >= 4 is 62.3 Å². The molecule has 1 unspecified atom stereocenters. The van der Waals surface area contributed by atoms with Crippen molar-refractivity contribution in [3.63, 3.8) is 0 Å². The maximum atomic E-state index is 13.8. The van der Waals surface area contributed by atoms with Crippen LogP contribution in [0.4, 0.5) is 5.69 Å². The second kappa shape index (κ2) is 12.9. The molecule has 0 saturated carbocycles. The van der Waals surface area contributed by atoms with Crippen LogP contribution in [0.3, 0.4) is 0 Å². The molecule has 0 aliphatic carbocycles. The van der Waals surface area contributed by atoms with Gasteiger partial charge in [0.1, 0.15) is 18.3 Å². The monoisotopic (exact) mass is 611 g/mol. The van der Waals surface area contributed by atoms with Crippen LogP contribution in [0.15, 0.2) is 65.6 Å². The van der Waals surface area contributed by atoms with Crippen molar-refractivity contribution in [2.45, 2.75) is 31.3 Å². The van der Waals surface area contributed by atoms with Crippen LogP contribution in [-0.4, -0.2) is 51.9 Å². The molecule has 0 spiro atoms. The van der Waals surface area contributed by atoms with Gasteiger partial charge in [-0.1, -0.05) is 58.6 Å². The number of methoxy groups -OCH3 is 1. The number of carbonyl (C=O) groups excluding carboxylic acids is 2. The first-order valence-corrected chi connectivity index (χ1v) is 14.3. The normalized spacial score (nSPS) is 12.0. The smallest absolute Gasteiger partial charge is 0.264 e. The molecule has 1 N–H and O–H groups in total. The van der Waals surface area contributed by atoms with Crippen LogP contribution in [0.5, 0.6) is 5.75 Å². The highest BCUT2D eigenvalue weighted by molar-refractivity contribution is 7.92. The van der Waals surface area contributed by atoms with Gasteiger partial charge in [0.25, 0.3) is 10.0 Å². The molecule has 0 bridgehead atoms. The lowest BCUT2D eigenvalue weighted by Gasteiger charge is -2.32. The molecular weight excluding hydrogens is 585 g/mol. The van der Waals surface area contributed by atoms with Crippen LogP contribution in [0, 0.1) is 6.92 Å². The van der Waals surface area contributed by atoms with Gasteiger partial charge in [-0.15, -0.1) is 0 Å². The third-order valence-corrected chi connectivity index (χ3v) is 8.75. The molecule has 208 valence electrons. The fourth-order valence-corrected chi connectivity index (χ4v) is 5.93. The third-order valence-electron chi connectivity index (χ3n) is 6.08. The summed E-state index contributed by atoms with van der Waals surface area (Å²) in [6, 6.07) is 14.5. The Bertz CT molecular complexity index is 1470. The number of nitrogens with one attached hydrogen (secondary N) is 1. The van der Waals surface area contributed by atoms with Crippen molar-refractivity contribution in [2.24, 2.45) is 0 Å². The Hall–Kier alpha value is -2.98. The van der Waals surface area contributed by atoms with E-state index in [1.165, 1.54) is 55.5 Å². The van der Waals surface area contributed by atoms with Gasteiger partial charge in [-0.2, -0.15) is 0 Å². The summed E-state index contributed by atoms with van der Waals surface area (Å²) in [6.45, 7) is 2.70. The van der Waals surface area contributed by atoms with Crippen LogP contribution in [0.25, 0.3) is 0 Å². The molecule has 1 atom stereocenters. The van der Waals surface area contributed by atoms with E-state index < -0.39 is 34.4 Å². The molecule has 3 rings (SSSR count). The summed E-state index contributed by atoms with van der Waals surface area (Å²) in [5, 5.41) is 3.40. The Morgan fingerprint density at radius 2 is 1.64 bits per heavy atom. The second-order valence-corrected chi connectivity index (χ2v) is 11.8. The molecule has 3 aromatic carbocycles. The number of sulfonamides is 1. The van der Waals surface area contributed by atoms with Crippen molar-refractivity contribution in [2.75, 3.05) is 25.0 Å². The zero-order valence-corrected chi connectivity index (χ0v) is 24.8. The SMILES string of the molecule is CNC(=O)C(C)N(Cc1ccc(Cl)cc1Cl)C(=O)CN(c1ccc(OC)c(Cl)c1)S(=O)(=O)c1ccc(C)cc1. The molecule has 0 fully saturated rings. The molecule has 0 radical (unpaired) electrons. The van der Waals surface area contributed by atoms with E-state index in [1.807, 2.05) is 6.92 Å². The number of carbonyl (C=O) groups is 2. The molecule has 3 aromatic rings. The Balaban J connectivity index is 2.08. The van der Waals surface area contributed by atoms with Gasteiger partial charge in [-0.05, 0) is 61.9 Å². The van der Waals surface area contributed by atoms with E-state index in [0.29, 0.717) is 21.4 Å². The summed E-state index contributed by atoms with van der Waals surface area (Å²) >= 11 is 18.7. The molecule has 39 heavy (non-hydrogen) atoms. The minimum absolute atomic E-state index is 0.0144. The van der Waals surface area contributed by atoms with Crippen molar-refractivity contribution in [1.29, 1.82) is 0 Å². The number of ether oxygens (including phenoxy) is 1. The van der Waals surface area contributed by atoms with Gasteiger partial charge in [0.15, 0.2) is 0 Å². The van der Waals surface area contributed by atoms with Gasteiger partial charge in [-0.25, -0.2) is 8.42 Å². The fraction of sp³-hybridized carbons (Fsp3) is 0.259. The number of rotatable bonds is 10. The summed E-state index contributed by atoms with van der Waals surface area (Å²) in [4.78, 5) is 27.7. The highest BCUT2D eigenvalue weighted by Gasteiger charge is 2.33. The average molecular weight is 613 g/mol. The van der Waals surface area contributed by atoms with E-state index in [-0.39, 0.29) is 22.2 Å². The number of aryl methyl sites for hydroxylation is 1. The number of anilines is 1. The summed E-state index contributed by atoms with van der Waals surface area (Å²) in [5.74, 6) is -0.736. The predicted molar refractivity (Wildman–Crippen MR) is 154 cm³/mol. The van der Waals surface area contributed by atoms with E-state index in [9.17, 15) is 18.0 Å². The number of benzene rings is 3. The maximum Gasteiger partial charge on any atom is 0.264 e. The number of hydrogen-bond acceptors (Lipinski definition) is 5. The Morgan fingerprint density at radius 1 is 0.974 bits per heavy atom. The van der Waals surface area contributed by atoms with Crippen molar-refractivity contribution in [3.8, 4) is 5.75 Å². The van der Waals surface area contributed by atoms with Crippen LogP contribution in [0.1, 0.15) is 18.1 Å². The molecule has 8 nitrogen and oxygen atoms in total. The van der Waals surface area contributed by atoms with Gasteiger partial charge < -0.3 is 15.0 Å². The summed E-state index contributed by atoms with van der Waals surface area (Å²) in [6.07, 6.45) is 0. The van der Waals surface area contributed by atoms with Crippen molar-refractivity contribution < 1.29 is 22.7 Å². The Kier molecular flexibility index (Phi) is 10.1. The van der Waals surface area contributed by atoms with E-state index in [0.717, 1.165) is 9.87 Å². The molecule has 0 aliphatic heterocycles. The first kappa shape index (κ1) is 30.6. The lowest BCUT2D eigenvalue weighted by molar-refractivity contribution is -0.139. The highest BCUT2D eigenvalue weighted by Crippen LogP contribution is 2.32. The fourth-order valence-electron chi connectivity index (χ4n) is 3.80. The molecular formula is C27H28Cl3N3O5S. The second-order valence-electron chi connectivity index (χ2n) is 8.69. The van der Waals surface area contributed by atoms with Gasteiger partial charge in [0, 0.05) is 23.6 Å². The Morgan fingerprint density at radius 3 is 2.21 bits per heavy atom. The minimum Gasteiger partial charge on any atom is -0.495 e. The Labute approximate surface area is 243 Å². The van der Waals surface area contributed by atoms with Crippen LogP contribution < -0.4 is 14.4 Å². The first-order valence-electron chi connectivity index (χ1n) is 11.8. The topological polar surface area (TPSA) is 96.0 Å². The van der Waals surface area contributed by atoms with Gasteiger partial charge >= 0.3 is 0 Å². The molecule has 12 heteroatoms.